The van der Waals surface area contributed by atoms with Crippen LogP contribution in [-0.4, -0.2) is 9.55 Å². The van der Waals surface area contributed by atoms with Crippen LogP contribution in [0.1, 0.15) is 25.5 Å². The molecule has 1 N–H and O–H groups in total. The van der Waals surface area contributed by atoms with Gasteiger partial charge in [-0.15, -0.1) is 0 Å². The minimum absolute atomic E-state index is 0.610. The average molecular weight is 298 g/mol. The number of hydrogen-bond donors (Lipinski definition) is 1. The fourth-order valence-electron chi connectivity index (χ4n) is 1.90. The van der Waals surface area contributed by atoms with Crippen molar-refractivity contribution in [3.63, 3.8) is 0 Å². The largest absolute Gasteiger partial charge is 0.326 e. The van der Waals surface area contributed by atoms with Gasteiger partial charge in [0, 0.05) is 28.5 Å². The maximum Gasteiger partial charge on any atom is 0.207 e. The third-order valence-electron chi connectivity index (χ3n) is 2.77. The molecule has 0 amide bonds. The van der Waals surface area contributed by atoms with Gasteiger partial charge in [0.05, 0.1) is 5.69 Å². The van der Waals surface area contributed by atoms with Crippen molar-refractivity contribution in [3.05, 3.63) is 40.1 Å². The van der Waals surface area contributed by atoms with Crippen LogP contribution in [-0.2, 0) is 6.54 Å². The fourth-order valence-corrected chi connectivity index (χ4v) is 2.43. The summed E-state index contributed by atoms with van der Waals surface area (Å²) in [6.07, 6.45) is 4.32. The van der Waals surface area contributed by atoms with Gasteiger partial charge in [0.1, 0.15) is 0 Å². The summed E-state index contributed by atoms with van der Waals surface area (Å²) in [4.78, 5) is 4.48. The maximum absolute atomic E-state index is 5.99. The molecule has 2 aromatic rings. The summed E-state index contributed by atoms with van der Waals surface area (Å²) in [6.45, 7) is 5.11. The number of halogens is 2. The quantitative estimate of drug-likeness (QED) is 0.837. The van der Waals surface area contributed by atoms with Gasteiger partial charge in [-0.05, 0) is 31.5 Å². The SMILES string of the molecule is CCCCn1cc(C)nc1Nc1cc(Cl)cc(Cl)c1. The van der Waals surface area contributed by atoms with E-state index in [4.69, 9.17) is 23.2 Å². The van der Waals surface area contributed by atoms with Crippen molar-refractivity contribution >= 4 is 34.8 Å². The highest BCUT2D eigenvalue weighted by Crippen LogP contribution is 2.25. The summed E-state index contributed by atoms with van der Waals surface area (Å²) in [7, 11) is 0. The maximum atomic E-state index is 5.99. The summed E-state index contributed by atoms with van der Waals surface area (Å²) >= 11 is 12.0. The van der Waals surface area contributed by atoms with Crippen molar-refractivity contribution in [2.75, 3.05) is 5.32 Å². The lowest BCUT2D eigenvalue weighted by Crippen LogP contribution is -2.03. The van der Waals surface area contributed by atoms with Crippen LogP contribution in [0.5, 0.6) is 0 Å². The minimum Gasteiger partial charge on any atom is -0.326 e. The lowest BCUT2D eigenvalue weighted by Gasteiger charge is -2.10. The molecule has 0 bridgehead atoms. The molecule has 0 spiro atoms. The van der Waals surface area contributed by atoms with Crippen LogP contribution in [0, 0.1) is 6.92 Å². The standard InChI is InChI=1S/C14H17Cl2N3/c1-3-4-5-19-9-10(2)17-14(19)18-13-7-11(15)6-12(16)8-13/h6-9H,3-5H2,1-2H3,(H,17,18). The Hall–Kier alpha value is -1.19. The number of aryl methyl sites for hydroxylation is 2. The Morgan fingerprint density at radius 3 is 2.53 bits per heavy atom. The Morgan fingerprint density at radius 1 is 1.21 bits per heavy atom. The first kappa shape index (κ1) is 14.2. The van der Waals surface area contributed by atoms with E-state index in [9.17, 15) is 0 Å². The van der Waals surface area contributed by atoms with E-state index in [1.807, 2.05) is 25.3 Å². The lowest BCUT2D eigenvalue weighted by atomic mass is 10.3. The number of unbranched alkanes of at least 4 members (excludes halogenated alkanes) is 1. The third-order valence-corrected chi connectivity index (χ3v) is 3.20. The Bertz CT molecular complexity index is 544. The van der Waals surface area contributed by atoms with Gasteiger partial charge in [-0.1, -0.05) is 36.5 Å². The van der Waals surface area contributed by atoms with Crippen LogP contribution in [0.25, 0.3) is 0 Å². The fraction of sp³-hybridized carbons (Fsp3) is 0.357. The molecule has 0 atom stereocenters. The molecule has 3 nitrogen and oxygen atoms in total. The van der Waals surface area contributed by atoms with Crippen LogP contribution >= 0.6 is 23.2 Å². The van der Waals surface area contributed by atoms with E-state index < -0.39 is 0 Å². The van der Waals surface area contributed by atoms with Gasteiger partial charge in [0.25, 0.3) is 0 Å². The number of aromatic nitrogens is 2. The highest BCUT2D eigenvalue weighted by Gasteiger charge is 2.06. The molecule has 1 aromatic heterocycles. The molecular formula is C14H17Cl2N3. The molecule has 1 heterocycles. The molecule has 19 heavy (non-hydrogen) atoms. The van der Waals surface area contributed by atoms with Crippen molar-refractivity contribution < 1.29 is 0 Å². The number of benzene rings is 1. The highest BCUT2D eigenvalue weighted by molar-refractivity contribution is 6.35. The van der Waals surface area contributed by atoms with E-state index in [2.05, 4.69) is 21.8 Å². The average Bonchev–Trinajstić information content (AvgIpc) is 2.65. The molecule has 0 unspecified atom stereocenters. The molecule has 102 valence electrons. The summed E-state index contributed by atoms with van der Waals surface area (Å²) < 4.78 is 2.12. The molecular weight excluding hydrogens is 281 g/mol. The van der Waals surface area contributed by atoms with Gasteiger partial charge >= 0.3 is 0 Å². The van der Waals surface area contributed by atoms with Crippen LogP contribution in [0.2, 0.25) is 10.0 Å². The minimum atomic E-state index is 0.610. The monoisotopic (exact) mass is 297 g/mol. The van der Waals surface area contributed by atoms with Crippen LogP contribution in [0.15, 0.2) is 24.4 Å². The number of anilines is 2. The van der Waals surface area contributed by atoms with E-state index in [0.717, 1.165) is 36.7 Å². The van der Waals surface area contributed by atoms with Crippen molar-refractivity contribution in [3.8, 4) is 0 Å². The lowest BCUT2D eigenvalue weighted by molar-refractivity contribution is 0.637. The van der Waals surface area contributed by atoms with Gasteiger partial charge in [0.15, 0.2) is 0 Å². The zero-order valence-electron chi connectivity index (χ0n) is 11.1. The van der Waals surface area contributed by atoms with E-state index in [0.29, 0.717) is 10.0 Å². The second kappa shape index (κ2) is 6.31. The Labute approximate surface area is 123 Å². The Kier molecular flexibility index (Phi) is 4.72. The Balaban J connectivity index is 2.22. The first-order valence-corrected chi connectivity index (χ1v) is 7.11. The normalized spacial score (nSPS) is 10.7. The first-order valence-electron chi connectivity index (χ1n) is 6.35. The van der Waals surface area contributed by atoms with Crippen molar-refractivity contribution in [2.45, 2.75) is 33.2 Å². The van der Waals surface area contributed by atoms with Crippen LogP contribution in [0.3, 0.4) is 0 Å². The van der Waals surface area contributed by atoms with Gasteiger partial charge in [0.2, 0.25) is 5.95 Å². The molecule has 1 aromatic carbocycles. The predicted molar refractivity (Wildman–Crippen MR) is 81.6 cm³/mol. The van der Waals surface area contributed by atoms with Crippen molar-refractivity contribution in [1.29, 1.82) is 0 Å². The number of imidazole rings is 1. The number of hydrogen-bond acceptors (Lipinski definition) is 2. The number of nitrogens with one attached hydrogen (secondary N) is 1. The molecule has 0 saturated carbocycles. The van der Waals surface area contributed by atoms with E-state index >= 15 is 0 Å². The molecule has 0 radical (unpaired) electrons. The first-order chi connectivity index (χ1) is 9.08. The summed E-state index contributed by atoms with van der Waals surface area (Å²) in [5.41, 5.74) is 1.84. The van der Waals surface area contributed by atoms with Crippen LogP contribution in [0.4, 0.5) is 11.6 Å². The summed E-state index contributed by atoms with van der Waals surface area (Å²) in [5, 5.41) is 4.49. The molecule has 0 saturated heterocycles. The smallest absolute Gasteiger partial charge is 0.207 e. The van der Waals surface area contributed by atoms with E-state index in [-0.39, 0.29) is 0 Å². The summed E-state index contributed by atoms with van der Waals surface area (Å²) in [6, 6.07) is 5.38. The van der Waals surface area contributed by atoms with Crippen molar-refractivity contribution in [2.24, 2.45) is 0 Å². The molecule has 5 heteroatoms. The van der Waals surface area contributed by atoms with Gasteiger partial charge in [-0.3, -0.25) is 0 Å². The van der Waals surface area contributed by atoms with Crippen LogP contribution < -0.4 is 5.32 Å². The number of nitrogens with zero attached hydrogens (tertiary/aromatic N) is 2. The zero-order valence-corrected chi connectivity index (χ0v) is 12.6. The van der Waals surface area contributed by atoms with E-state index in [1.165, 1.54) is 0 Å². The predicted octanol–water partition coefficient (Wildman–Crippen LogP) is 5.04. The molecule has 0 aliphatic heterocycles. The summed E-state index contributed by atoms with van der Waals surface area (Å²) in [5.74, 6) is 0.823. The molecule has 0 aliphatic rings. The topological polar surface area (TPSA) is 29.9 Å². The molecule has 0 fully saturated rings. The molecule has 0 aliphatic carbocycles. The second-order valence-electron chi connectivity index (χ2n) is 4.54. The van der Waals surface area contributed by atoms with Gasteiger partial charge < -0.3 is 9.88 Å². The number of rotatable bonds is 5. The zero-order chi connectivity index (χ0) is 13.8. The second-order valence-corrected chi connectivity index (χ2v) is 5.41. The van der Waals surface area contributed by atoms with Gasteiger partial charge in [-0.2, -0.15) is 0 Å². The Morgan fingerprint density at radius 2 is 1.89 bits per heavy atom. The highest BCUT2D eigenvalue weighted by atomic mass is 35.5. The van der Waals surface area contributed by atoms with Gasteiger partial charge in [-0.25, -0.2) is 4.98 Å². The van der Waals surface area contributed by atoms with Crippen molar-refractivity contribution in [1.82, 2.24) is 9.55 Å². The third kappa shape index (κ3) is 3.88. The van der Waals surface area contributed by atoms with E-state index in [1.54, 1.807) is 6.07 Å². The molecule has 2 rings (SSSR count).